The van der Waals surface area contributed by atoms with Crippen molar-refractivity contribution < 1.29 is 14.1 Å². The number of anilines is 1. The summed E-state index contributed by atoms with van der Waals surface area (Å²) >= 11 is 0. The molecule has 2 atom stereocenters. The van der Waals surface area contributed by atoms with Gasteiger partial charge in [-0.2, -0.15) is 0 Å². The molecule has 2 unspecified atom stereocenters. The van der Waals surface area contributed by atoms with E-state index in [1.165, 1.54) is 19.3 Å². The fourth-order valence-electron chi connectivity index (χ4n) is 4.00. The number of carbonyl (C=O) groups is 1. The normalized spacial score (nSPS) is 26.5. The Bertz CT molecular complexity index is 522. The van der Waals surface area contributed by atoms with Gasteiger partial charge >= 0.3 is 6.03 Å². The number of carbonyl (C=O) groups excluding carboxylic acids is 1. The van der Waals surface area contributed by atoms with E-state index in [1.54, 1.807) is 13.0 Å². The molecule has 122 valence electrons. The Morgan fingerprint density at radius 3 is 2.86 bits per heavy atom. The summed E-state index contributed by atoms with van der Waals surface area (Å²) in [6.45, 7) is 4.58. The van der Waals surface area contributed by atoms with Gasteiger partial charge in [-0.05, 0) is 33.1 Å². The van der Waals surface area contributed by atoms with Gasteiger partial charge in [-0.1, -0.05) is 24.4 Å². The average Bonchev–Trinajstić information content (AvgIpc) is 2.92. The summed E-state index contributed by atoms with van der Waals surface area (Å²) in [7, 11) is 0. The van der Waals surface area contributed by atoms with Crippen LogP contribution in [0.1, 0.15) is 51.2 Å². The van der Waals surface area contributed by atoms with Gasteiger partial charge in [0, 0.05) is 24.1 Å². The molecule has 2 N–H and O–H groups in total. The van der Waals surface area contributed by atoms with Crippen LogP contribution in [0.2, 0.25) is 0 Å². The molecular weight excluding hydrogens is 282 g/mol. The minimum Gasteiger partial charge on any atom is -0.378 e. The van der Waals surface area contributed by atoms with Crippen LogP contribution in [0.4, 0.5) is 10.6 Å². The van der Waals surface area contributed by atoms with Crippen LogP contribution in [-0.2, 0) is 4.74 Å². The quantitative estimate of drug-likeness (QED) is 0.895. The van der Waals surface area contributed by atoms with E-state index in [0.29, 0.717) is 11.6 Å². The van der Waals surface area contributed by atoms with Gasteiger partial charge in [-0.25, -0.2) is 4.79 Å². The van der Waals surface area contributed by atoms with Crippen LogP contribution in [-0.4, -0.2) is 29.9 Å². The maximum Gasteiger partial charge on any atom is 0.320 e. The van der Waals surface area contributed by atoms with Gasteiger partial charge in [0.1, 0.15) is 5.76 Å². The largest absolute Gasteiger partial charge is 0.378 e. The van der Waals surface area contributed by atoms with E-state index in [0.717, 1.165) is 25.9 Å². The number of hydrogen-bond acceptors (Lipinski definition) is 4. The number of ether oxygens (including phenoxy) is 1. The summed E-state index contributed by atoms with van der Waals surface area (Å²) in [5.74, 6) is 1.13. The van der Waals surface area contributed by atoms with Crippen LogP contribution < -0.4 is 10.6 Å². The highest BCUT2D eigenvalue weighted by molar-refractivity contribution is 5.88. The molecule has 1 heterocycles. The van der Waals surface area contributed by atoms with E-state index in [4.69, 9.17) is 9.26 Å². The van der Waals surface area contributed by atoms with Crippen molar-refractivity contribution in [1.82, 2.24) is 10.5 Å². The highest BCUT2D eigenvalue weighted by Crippen LogP contribution is 2.53. The lowest BCUT2D eigenvalue weighted by Gasteiger charge is -2.57. The number of hydrogen-bond donors (Lipinski definition) is 2. The first-order valence-electron chi connectivity index (χ1n) is 8.26. The molecule has 0 bridgehead atoms. The molecule has 2 amide bonds. The fraction of sp³-hybridized carbons (Fsp3) is 0.750. The van der Waals surface area contributed by atoms with Crippen molar-refractivity contribution in [3.63, 3.8) is 0 Å². The van der Waals surface area contributed by atoms with Crippen molar-refractivity contribution in [2.75, 3.05) is 11.9 Å². The van der Waals surface area contributed by atoms with E-state index in [9.17, 15) is 4.79 Å². The zero-order chi connectivity index (χ0) is 15.6. The SMILES string of the molecule is CCOC1CC(NC(=O)Nc2cc(C)on2)C12CCCCC2. The van der Waals surface area contributed by atoms with Gasteiger partial charge in [0.05, 0.1) is 6.10 Å². The zero-order valence-electron chi connectivity index (χ0n) is 13.4. The van der Waals surface area contributed by atoms with Gasteiger partial charge in [0.15, 0.2) is 5.82 Å². The summed E-state index contributed by atoms with van der Waals surface area (Å²) in [5, 5.41) is 9.63. The second kappa shape index (κ2) is 6.28. The van der Waals surface area contributed by atoms with Crippen molar-refractivity contribution in [3.8, 4) is 0 Å². The molecule has 2 aliphatic rings. The summed E-state index contributed by atoms with van der Waals surface area (Å²) in [6, 6.07) is 1.69. The van der Waals surface area contributed by atoms with E-state index < -0.39 is 0 Å². The predicted molar refractivity (Wildman–Crippen MR) is 82.7 cm³/mol. The Morgan fingerprint density at radius 1 is 1.45 bits per heavy atom. The minimum atomic E-state index is -0.210. The van der Waals surface area contributed by atoms with Gasteiger partial charge in [-0.3, -0.25) is 5.32 Å². The Kier molecular flexibility index (Phi) is 4.38. The van der Waals surface area contributed by atoms with Crippen LogP contribution in [0, 0.1) is 12.3 Å². The number of nitrogens with zero attached hydrogens (tertiary/aromatic N) is 1. The zero-order valence-corrected chi connectivity index (χ0v) is 13.4. The molecule has 6 nitrogen and oxygen atoms in total. The van der Waals surface area contributed by atoms with Crippen molar-refractivity contribution in [1.29, 1.82) is 0 Å². The number of urea groups is 1. The molecule has 3 rings (SSSR count). The molecule has 6 heteroatoms. The number of aromatic nitrogens is 1. The third-order valence-corrected chi connectivity index (χ3v) is 5.11. The lowest BCUT2D eigenvalue weighted by molar-refractivity contribution is -0.146. The molecule has 22 heavy (non-hydrogen) atoms. The van der Waals surface area contributed by atoms with Crippen LogP contribution >= 0.6 is 0 Å². The van der Waals surface area contributed by atoms with Crippen molar-refractivity contribution in [2.45, 2.75) is 64.5 Å². The first-order valence-corrected chi connectivity index (χ1v) is 8.26. The number of rotatable bonds is 4. The second-order valence-corrected chi connectivity index (χ2v) is 6.45. The lowest BCUT2D eigenvalue weighted by Crippen LogP contribution is -2.65. The summed E-state index contributed by atoms with van der Waals surface area (Å²) < 4.78 is 10.9. The molecule has 1 aromatic heterocycles. The number of nitrogens with one attached hydrogen (secondary N) is 2. The fourth-order valence-corrected chi connectivity index (χ4v) is 4.00. The lowest BCUT2D eigenvalue weighted by atomic mass is 9.55. The van der Waals surface area contributed by atoms with Gasteiger partial charge in [0.25, 0.3) is 0 Å². The highest BCUT2D eigenvalue weighted by atomic mass is 16.5. The average molecular weight is 307 g/mol. The van der Waals surface area contributed by atoms with Crippen molar-refractivity contribution in [3.05, 3.63) is 11.8 Å². The minimum absolute atomic E-state index is 0.130. The first kappa shape index (κ1) is 15.3. The third kappa shape index (κ3) is 2.84. The van der Waals surface area contributed by atoms with Crippen LogP contribution in [0.25, 0.3) is 0 Å². The standard InChI is InChI=1S/C16H25N3O3/c1-3-21-13-10-12(16(13)7-5-4-6-8-16)17-15(20)18-14-9-11(2)22-19-14/h9,12-13H,3-8,10H2,1-2H3,(H2,17,18,19,20). The molecule has 0 saturated heterocycles. The van der Waals surface area contributed by atoms with Gasteiger partial charge in [0.2, 0.25) is 0 Å². The molecule has 2 saturated carbocycles. The first-order chi connectivity index (χ1) is 10.6. The third-order valence-electron chi connectivity index (χ3n) is 5.11. The van der Waals surface area contributed by atoms with Crippen molar-refractivity contribution >= 4 is 11.8 Å². The molecule has 0 aliphatic heterocycles. The summed E-state index contributed by atoms with van der Waals surface area (Å²) in [5.41, 5.74) is 0.130. The van der Waals surface area contributed by atoms with Crippen LogP contribution in [0.5, 0.6) is 0 Å². The van der Waals surface area contributed by atoms with E-state index in [-0.39, 0.29) is 23.6 Å². The molecule has 0 radical (unpaired) electrons. The van der Waals surface area contributed by atoms with E-state index in [2.05, 4.69) is 15.8 Å². The number of aryl methyl sites for hydroxylation is 1. The maximum atomic E-state index is 12.2. The second-order valence-electron chi connectivity index (χ2n) is 6.45. The summed E-state index contributed by atoms with van der Waals surface area (Å²) in [4.78, 5) is 12.2. The predicted octanol–water partition coefficient (Wildman–Crippen LogP) is 3.23. The molecule has 2 aliphatic carbocycles. The molecule has 2 fully saturated rings. The van der Waals surface area contributed by atoms with Crippen molar-refractivity contribution in [2.24, 2.45) is 5.41 Å². The monoisotopic (exact) mass is 307 g/mol. The van der Waals surface area contributed by atoms with Crippen LogP contribution in [0.3, 0.4) is 0 Å². The van der Waals surface area contributed by atoms with E-state index in [1.807, 2.05) is 6.92 Å². The molecule has 1 spiro atoms. The smallest absolute Gasteiger partial charge is 0.320 e. The Balaban J connectivity index is 1.60. The summed E-state index contributed by atoms with van der Waals surface area (Å²) in [6.07, 6.45) is 7.23. The Labute approximate surface area is 131 Å². The molecule has 0 aromatic carbocycles. The van der Waals surface area contributed by atoms with Gasteiger partial charge < -0.3 is 14.6 Å². The van der Waals surface area contributed by atoms with E-state index >= 15 is 0 Å². The molecular formula is C16H25N3O3. The number of amides is 2. The molecule has 1 aromatic rings. The Morgan fingerprint density at radius 2 is 2.23 bits per heavy atom. The maximum absolute atomic E-state index is 12.2. The Hall–Kier alpha value is -1.56. The topological polar surface area (TPSA) is 76.4 Å². The van der Waals surface area contributed by atoms with Crippen LogP contribution in [0.15, 0.2) is 10.6 Å². The highest BCUT2D eigenvalue weighted by Gasteiger charge is 2.56. The van der Waals surface area contributed by atoms with Gasteiger partial charge in [-0.15, -0.1) is 0 Å².